The molecule has 8 aromatic carbocycles. The molecule has 9 rings (SSSR count). The van der Waals surface area contributed by atoms with E-state index in [9.17, 15) is 0 Å². The third-order valence-corrected chi connectivity index (χ3v) is 13.0. The first kappa shape index (κ1) is 40.7. The maximum atomic E-state index is 2.49. The molecule has 0 saturated heterocycles. The summed E-state index contributed by atoms with van der Waals surface area (Å²) in [6, 6.07) is 69.2. The van der Waals surface area contributed by atoms with Crippen LogP contribution in [0.5, 0.6) is 0 Å². The van der Waals surface area contributed by atoms with Crippen LogP contribution in [0.15, 0.2) is 182 Å². The molecule has 0 spiro atoms. The lowest BCUT2D eigenvalue weighted by molar-refractivity contribution is 0.666. The fourth-order valence-corrected chi connectivity index (χ4v) is 9.52. The van der Waals surface area contributed by atoms with Crippen LogP contribution >= 0.6 is 0 Å². The average Bonchev–Trinajstić information content (AvgIpc) is 3.58. The van der Waals surface area contributed by atoms with E-state index in [-0.39, 0.29) is 0 Å². The van der Waals surface area contributed by atoms with Crippen LogP contribution in [0.2, 0.25) is 0 Å². The van der Waals surface area contributed by atoms with Crippen LogP contribution < -0.4 is 9.80 Å². The topological polar surface area (TPSA) is 6.48 Å². The molecule has 0 amide bonds. The van der Waals surface area contributed by atoms with Gasteiger partial charge in [-0.25, -0.2) is 0 Å². The number of nitrogens with zero attached hydrogens (tertiary/aromatic N) is 2. The van der Waals surface area contributed by atoms with Crippen molar-refractivity contribution >= 4 is 34.1 Å². The predicted molar refractivity (Wildman–Crippen MR) is 265 cm³/mol. The monoisotopic (exact) mass is 806 g/mol. The van der Waals surface area contributed by atoms with Gasteiger partial charge in [-0.05, 0) is 159 Å². The summed E-state index contributed by atoms with van der Waals surface area (Å²) in [5.41, 5.74) is 21.5. The second-order valence-electron chi connectivity index (χ2n) is 17.6. The van der Waals surface area contributed by atoms with Crippen molar-refractivity contribution in [3.8, 4) is 11.1 Å². The van der Waals surface area contributed by atoms with Crippen molar-refractivity contribution in [1.82, 2.24) is 0 Å². The normalized spacial score (nSPS) is 12.5. The summed E-state index contributed by atoms with van der Waals surface area (Å²) >= 11 is 0. The van der Waals surface area contributed by atoms with Gasteiger partial charge in [0.15, 0.2) is 0 Å². The highest BCUT2D eigenvalue weighted by atomic mass is 15.1. The molecule has 2 nitrogen and oxygen atoms in total. The highest BCUT2D eigenvalue weighted by molar-refractivity contribution is 5.92. The molecule has 0 radical (unpaired) electrons. The third kappa shape index (κ3) is 7.75. The van der Waals surface area contributed by atoms with Gasteiger partial charge in [0, 0.05) is 34.1 Å². The third-order valence-electron chi connectivity index (χ3n) is 13.0. The molecule has 0 N–H and O–H groups in total. The van der Waals surface area contributed by atoms with E-state index in [1.165, 1.54) is 92.4 Å². The first-order valence-electron chi connectivity index (χ1n) is 22.6. The van der Waals surface area contributed by atoms with E-state index in [0.29, 0.717) is 0 Å². The molecule has 0 unspecified atom stereocenters. The van der Waals surface area contributed by atoms with Crippen molar-refractivity contribution in [1.29, 1.82) is 0 Å². The summed E-state index contributed by atoms with van der Waals surface area (Å²) in [5.74, 6) is 0. The quantitative estimate of drug-likeness (QED) is 0.107. The Morgan fingerprint density at radius 3 is 1.02 bits per heavy atom. The first-order valence-corrected chi connectivity index (χ1v) is 22.6. The average molecular weight is 807 g/mol. The number of hydrogen-bond donors (Lipinski definition) is 0. The number of benzene rings is 8. The number of unbranched alkanes of at least 4 members (excludes halogenated alkanes) is 3. The zero-order valence-electron chi connectivity index (χ0n) is 37.3. The summed E-state index contributed by atoms with van der Waals surface area (Å²) in [5, 5.41) is 0. The molecule has 0 heterocycles. The van der Waals surface area contributed by atoms with Crippen LogP contribution in [0, 0.1) is 34.6 Å². The molecule has 0 aromatic heterocycles. The van der Waals surface area contributed by atoms with Gasteiger partial charge in [-0.2, -0.15) is 0 Å². The van der Waals surface area contributed by atoms with E-state index < -0.39 is 5.41 Å². The van der Waals surface area contributed by atoms with Crippen molar-refractivity contribution in [2.24, 2.45) is 0 Å². The maximum Gasteiger partial charge on any atom is 0.0715 e. The minimum Gasteiger partial charge on any atom is -0.310 e. The van der Waals surface area contributed by atoms with Crippen molar-refractivity contribution in [3.63, 3.8) is 0 Å². The van der Waals surface area contributed by atoms with Gasteiger partial charge in [-0.15, -0.1) is 0 Å². The van der Waals surface area contributed by atoms with Gasteiger partial charge in [0.05, 0.1) is 5.41 Å². The van der Waals surface area contributed by atoms with Crippen molar-refractivity contribution in [2.75, 3.05) is 9.80 Å². The van der Waals surface area contributed by atoms with E-state index >= 15 is 0 Å². The number of fused-ring (bicyclic) bond motifs is 3. The highest BCUT2D eigenvalue weighted by Gasteiger charge is 2.47. The molecule has 308 valence electrons. The van der Waals surface area contributed by atoms with Gasteiger partial charge in [-0.3, -0.25) is 0 Å². The molecule has 0 atom stereocenters. The highest BCUT2D eigenvalue weighted by Crippen LogP contribution is 2.58. The molecule has 0 saturated carbocycles. The van der Waals surface area contributed by atoms with E-state index in [2.05, 4.69) is 233 Å². The Labute approximate surface area is 370 Å². The lowest BCUT2D eigenvalue weighted by Gasteiger charge is -2.36. The largest absolute Gasteiger partial charge is 0.310 e. The second kappa shape index (κ2) is 17.4. The van der Waals surface area contributed by atoms with Crippen molar-refractivity contribution < 1.29 is 0 Å². The van der Waals surface area contributed by atoms with Crippen molar-refractivity contribution in [3.05, 3.63) is 238 Å². The summed E-state index contributed by atoms with van der Waals surface area (Å²) in [7, 11) is 0. The van der Waals surface area contributed by atoms with Gasteiger partial charge in [0.1, 0.15) is 0 Å². The van der Waals surface area contributed by atoms with Gasteiger partial charge in [-0.1, -0.05) is 163 Å². The van der Waals surface area contributed by atoms with Crippen LogP contribution in [0.1, 0.15) is 88.2 Å². The van der Waals surface area contributed by atoms with Crippen LogP contribution in [-0.4, -0.2) is 0 Å². The molecule has 2 heteroatoms. The Bertz CT molecular complexity index is 2540. The number of rotatable bonds is 13. The summed E-state index contributed by atoms with van der Waals surface area (Å²) < 4.78 is 0. The molecule has 0 fully saturated rings. The van der Waals surface area contributed by atoms with E-state index in [0.717, 1.165) is 40.5 Å². The fraction of sp³-hybridized carbons (Fsp3) is 0.200. The summed E-state index contributed by atoms with van der Waals surface area (Å²) in [6.45, 7) is 13.1. The van der Waals surface area contributed by atoms with Crippen LogP contribution in [0.3, 0.4) is 0 Å². The predicted octanol–water partition coefficient (Wildman–Crippen LogP) is 16.7. The molecule has 62 heavy (non-hydrogen) atoms. The lowest BCUT2D eigenvalue weighted by Crippen LogP contribution is -2.29. The SMILES string of the molecule is CCCCCCc1ccc(C2(c3ccc(C)cc3)c3cc(N(c4ccc(C)cc4)c4ccc(C)cc4)ccc3-c3ccc(N(c4ccc(C)cc4)c4ccc(C)cc4)cc32)cc1. The minimum absolute atomic E-state index is 0.608. The zero-order valence-corrected chi connectivity index (χ0v) is 37.3. The molecule has 0 bridgehead atoms. The van der Waals surface area contributed by atoms with Crippen molar-refractivity contribution in [2.45, 2.75) is 79.1 Å². The van der Waals surface area contributed by atoms with Gasteiger partial charge in [0.25, 0.3) is 0 Å². The van der Waals surface area contributed by atoms with E-state index in [1.807, 2.05) is 0 Å². The molecule has 0 aliphatic heterocycles. The zero-order chi connectivity index (χ0) is 42.8. The Morgan fingerprint density at radius 2 is 0.661 bits per heavy atom. The number of aryl methyl sites for hydroxylation is 6. The van der Waals surface area contributed by atoms with Gasteiger partial charge < -0.3 is 9.80 Å². The summed E-state index contributed by atoms with van der Waals surface area (Å²) in [6.07, 6.45) is 6.13. The number of hydrogen-bond acceptors (Lipinski definition) is 2. The minimum atomic E-state index is -0.608. The molecule has 8 aromatic rings. The number of anilines is 6. The standard InChI is InChI=1S/C60H58N2/c1-7-8-9-10-11-47-22-26-49(27-23-47)60(48-24-12-42(2)13-25-48)58-40-54(61(50-28-14-43(3)15-29-50)51-30-16-44(4)17-31-51)36-38-56(58)57-39-37-55(41-59(57)60)62(52-32-18-45(5)19-33-52)53-34-20-46(6)21-35-53/h12-41H,7-11H2,1-6H3. The smallest absolute Gasteiger partial charge is 0.0715 e. The Balaban J connectivity index is 1.31. The first-order chi connectivity index (χ1) is 30.2. The van der Waals surface area contributed by atoms with Gasteiger partial charge >= 0.3 is 0 Å². The van der Waals surface area contributed by atoms with Gasteiger partial charge in [0.2, 0.25) is 0 Å². The van der Waals surface area contributed by atoms with Crippen LogP contribution in [0.4, 0.5) is 34.1 Å². The van der Waals surface area contributed by atoms with Crippen LogP contribution in [-0.2, 0) is 11.8 Å². The maximum absolute atomic E-state index is 2.49. The second-order valence-corrected chi connectivity index (χ2v) is 17.6. The Morgan fingerprint density at radius 1 is 0.339 bits per heavy atom. The Kier molecular flexibility index (Phi) is 11.4. The van der Waals surface area contributed by atoms with E-state index in [4.69, 9.17) is 0 Å². The Hall–Kier alpha value is -6.64. The summed E-state index contributed by atoms with van der Waals surface area (Å²) in [4.78, 5) is 4.84. The lowest BCUT2D eigenvalue weighted by atomic mass is 9.67. The van der Waals surface area contributed by atoms with Crippen LogP contribution in [0.25, 0.3) is 11.1 Å². The molecular formula is C60H58N2. The molecular weight excluding hydrogens is 749 g/mol. The fourth-order valence-electron chi connectivity index (χ4n) is 9.52. The molecule has 1 aliphatic rings. The van der Waals surface area contributed by atoms with E-state index in [1.54, 1.807) is 0 Å². The molecule has 1 aliphatic carbocycles.